The van der Waals surface area contributed by atoms with Crippen molar-refractivity contribution in [1.29, 1.82) is 0 Å². The second-order valence-corrected chi connectivity index (χ2v) is 7.43. The summed E-state index contributed by atoms with van der Waals surface area (Å²) < 4.78 is 0. The minimum atomic E-state index is 0.306. The van der Waals surface area contributed by atoms with Gasteiger partial charge in [0.15, 0.2) is 5.82 Å². The van der Waals surface area contributed by atoms with Gasteiger partial charge in [0.05, 0.1) is 0 Å². The lowest BCUT2D eigenvalue weighted by Gasteiger charge is -2.30. The summed E-state index contributed by atoms with van der Waals surface area (Å²) in [6, 6.07) is 5.76. The molecule has 1 aromatic heterocycles. The van der Waals surface area contributed by atoms with Crippen LogP contribution in [-0.2, 0) is 12.8 Å². The van der Waals surface area contributed by atoms with Crippen molar-refractivity contribution in [3.63, 3.8) is 0 Å². The monoisotopic (exact) mass is 296 g/mol. The van der Waals surface area contributed by atoms with Crippen LogP contribution >= 0.6 is 0 Å². The van der Waals surface area contributed by atoms with Gasteiger partial charge in [0.2, 0.25) is 0 Å². The average Bonchev–Trinajstić information content (AvgIpc) is 2.45. The molecule has 0 spiro atoms. The van der Waals surface area contributed by atoms with Crippen LogP contribution in [0.4, 0.5) is 0 Å². The van der Waals surface area contributed by atoms with Crippen LogP contribution in [0.15, 0.2) is 24.4 Å². The summed E-state index contributed by atoms with van der Waals surface area (Å²) in [4.78, 5) is 9.26. The molecule has 3 nitrogen and oxygen atoms in total. The van der Waals surface area contributed by atoms with Gasteiger partial charge in [-0.05, 0) is 47.8 Å². The highest BCUT2D eigenvalue weighted by atomic mass is 16.3. The van der Waals surface area contributed by atoms with Gasteiger partial charge in [-0.15, -0.1) is 0 Å². The molecule has 1 N–H and O–H groups in total. The van der Waals surface area contributed by atoms with Crippen molar-refractivity contribution < 1.29 is 5.11 Å². The quantitative estimate of drug-likeness (QED) is 0.888. The highest BCUT2D eigenvalue weighted by molar-refractivity contribution is 5.59. The van der Waals surface area contributed by atoms with E-state index < -0.39 is 0 Å². The maximum atomic E-state index is 10.2. The van der Waals surface area contributed by atoms with E-state index in [4.69, 9.17) is 4.98 Å². The molecule has 0 saturated carbocycles. The molecule has 3 rings (SSSR count). The minimum absolute atomic E-state index is 0.306. The lowest BCUT2D eigenvalue weighted by Crippen LogP contribution is -2.23. The van der Waals surface area contributed by atoms with Crippen LogP contribution < -0.4 is 0 Å². The topological polar surface area (TPSA) is 46.0 Å². The fourth-order valence-electron chi connectivity index (χ4n) is 3.18. The molecule has 0 amide bonds. The molecule has 1 aliphatic carbocycles. The van der Waals surface area contributed by atoms with Crippen LogP contribution in [-0.4, -0.2) is 15.1 Å². The third-order valence-electron chi connectivity index (χ3n) is 4.57. The van der Waals surface area contributed by atoms with Gasteiger partial charge in [0.25, 0.3) is 0 Å². The Kier molecular flexibility index (Phi) is 3.67. The third kappa shape index (κ3) is 2.85. The largest absolute Gasteiger partial charge is 0.508 e. The van der Waals surface area contributed by atoms with Gasteiger partial charge in [-0.3, -0.25) is 0 Å². The van der Waals surface area contributed by atoms with Gasteiger partial charge in [0, 0.05) is 17.5 Å². The summed E-state index contributed by atoms with van der Waals surface area (Å²) in [5, 5.41) is 10.2. The summed E-state index contributed by atoms with van der Waals surface area (Å²) in [5.41, 5.74) is 4.62. The van der Waals surface area contributed by atoms with E-state index >= 15 is 0 Å². The lowest BCUT2D eigenvalue weighted by molar-refractivity contribution is 0.311. The Morgan fingerprint density at radius 2 is 2.00 bits per heavy atom. The number of phenols is 1. The van der Waals surface area contributed by atoms with Crippen molar-refractivity contribution in [2.75, 3.05) is 0 Å². The Morgan fingerprint density at radius 1 is 1.23 bits per heavy atom. The van der Waals surface area contributed by atoms with Gasteiger partial charge >= 0.3 is 0 Å². The maximum Gasteiger partial charge on any atom is 0.159 e. The molecule has 1 heterocycles. The van der Waals surface area contributed by atoms with E-state index in [0.717, 1.165) is 36.1 Å². The number of aromatic hydroxyl groups is 1. The Hall–Kier alpha value is -1.90. The van der Waals surface area contributed by atoms with Crippen LogP contribution in [0.2, 0.25) is 0 Å². The lowest BCUT2D eigenvalue weighted by atomic mass is 9.76. The van der Waals surface area contributed by atoms with Gasteiger partial charge in [-0.1, -0.05) is 39.8 Å². The first kappa shape index (κ1) is 15.0. The Labute approximate surface area is 132 Å². The second kappa shape index (κ2) is 5.38. The molecule has 0 unspecified atom stereocenters. The van der Waals surface area contributed by atoms with Crippen LogP contribution in [0.1, 0.15) is 56.9 Å². The van der Waals surface area contributed by atoms with E-state index in [0.29, 0.717) is 22.9 Å². The molecule has 22 heavy (non-hydrogen) atoms. The molecule has 3 heteroatoms. The summed E-state index contributed by atoms with van der Waals surface area (Å²) in [6.07, 6.45) is 5.17. The van der Waals surface area contributed by atoms with Crippen molar-refractivity contribution >= 4 is 0 Å². The first-order valence-corrected chi connectivity index (χ1v) is 8.04. The summed E-state index contributed by atoms with van der Waals surface area (Å²) in [6.45, 7) is 8.75. The summed E-state index contributed by atoms with van der Waals surface area (Å²) >= 11 is 0. The van der Waals surface area contributed by atoms with E-state index in [1.807, 2.05) is 18.3 Å². The molecule has 116 valence electrons. The normalized spacial score (nSPS) is 16.6. The zero-order chi connectivity index (χ0) is 15.9. The first-order chi connectivity index (χ1) is 10.4. The van der Waals surface area contributed by atoms with Crippen molar-refractivity contribution in [3.8, 4) is 17.1 Å². The first-order valence-electron chi connectivity index (χ1n) is 8.04. The average molecular weight is 296 g/mol. The highest BCUT2D eigenvalue weighted by Crippen LogP contribution is 2.35. The number of hydrogen-bond donors (Lipinski definition) is 1. The molecule has 0 bridgehead atoms. The maximum absolute atomic E-state index is 10.2. The van der Waals surface area contributed by atoms with Gasteiger partial charge < -0.3 is 5.11 Å². The number of nitrogens with zero attached hydrogens (tertiary/aromatic N) is 2. The second-order valence-electron chi connectivity index (χ2n) is 7.43. The van der Waals surface area contributed by atoms with Crippen LogP contribution in [0, 0.1) is 5.41 Å². The standard InChI is InChI=1S/C19H24N2O/c1-12(2)15-6-5-13(9-17(15)22)18-20-11-14-10-19(3,4)8-7-16(14)21-18/h5-6,9,11-12,22H,7-8,10H2,1-4H3. The number of phenolic OH excluding ortho intramolecular Hbond substituents is 1. The van der Waals surface area contributed by atoms with Crippen molar-refractivity contribution in [2.24, 2.45) is 5.41 Å². The number of rotatable bonds is 2. The zero-order valence-corrected chi connectivity index (χ0v) is 13.8. The van der Waals surface area contributed by atoms with E-state index in [1.54, 1.807) is 6.07 Å². The molecular weight excluding hydrogens is 272 g/mol. The number of aryl methyl sites for hydroxylation is 1. The van der Waals surface area contributed by atoms with Crippen molar-refractivity contribution in [1.82, 2.24) is 9.97 Å². The molecule has 1 aromatic carbocycles. The number of aromatic nitrogens is 2. The van der Waals surface area contributed by atoms with Crippen molar-refractivity contribution in [3.05, 3.63) is 41.2 Å². The predicted molar refractivity (Wildman–Crippen MR) is 89.0 cm³/mol. The molecule has 0 saturated heterocycles. The number of fused-ring (bicyclic) bond motifs is 1. The van der Waals surface area contributed by atoms with Gasteiger partial charge in [-0.25, -0.2) is 9.97 Å². The summed E-state index contributed by atoms with van der Waals surface area (Å²) in [5.74, 6) is 1.35. The summed E-state index contributed by atoms with van der Waals surface area (Å²) in [7, 11) is 0. The number of benzene rings is 1. The Bertz CT molecular complexity index is 705. The molecule has 0 fully saturated rings. The van der Waals surface area contributed by atoms with E-state index in [-0.39, 0.29) is 0 Å². The van der Waals surface area contributed by atoms with Gasteiger partial charge in [0.1, 0.15) is 5.75 Å². The van der Waals surface area contributed by atoms with Crippen LogP contribution in [0.5, 0.6) is 5.75 Å². The van der Waals surface area contributed by atoms with Crippen LogP contribution in [0.25, 0.3) is 11.4 Å². The van der Waals surface area contributed by atoms with Crippen LogP contribution in [0.3, 0.4) is 0 Å². The van der Waals surface area contributed by atoms with E-state index in [2.05, 4.69) is 32.7 Å². The van der Waals surface area contributed by atoms with Crippen molar-refractivity contribution in [2.45, 2.75) is 52.9 Å². The van der Waals surface area contributed by atoms with E-state index in [1.165, 1.54) is 5.56 Å². The third-order valence-corrected chi connectivity index (χ3v) is 4.57. The zero-order valence-electron chi connectivity index (χ0n) is 13.8. The fraction of sp³-hybridized carbons (Fsp3) is 0.474. The minimum Gasteiger partial charge on any atom is -0.508 e. The SMILES string of the molecule is CC(C)c1ccc(-c2ncc3c(n2)CCC(C)(C)C3)cc1O. The highest BCUT2D eigenvalue weighted by Gasteiger charge is 2.26. The molecular formula is C19H24N2O. The van der Waals surface area contributed by atoms with E-state index in [9.17, 15) is 5.11 Å². The predicted octanol–water partition coefficient (Wildman–Crippen LogP) is 4.49. The molecule has 0 radical (unpaired) electrons. The molecule has 0 atom stereocenters. The fourth-order valence-corrected chi connectivity index (χ4v) is 3.18. The molecule has 2 aromatic rings. The Morgan fingerprint density at radius 3 is 2.68 bits per heavy atom. The molecule has 0 aliphatic heterocycles. The smallest absolute Gasteiger partial charge is 0.159 e. The molecule has 1 aliphatic rings. The Balaban J connectivity index is 1.95. The number of hydrogen-bond acceptors (Lipinski definition) is 3. The van der Waals surface area contributed by atoms with Gasteiger partial charge in [-0.2, -0.15) is 0 Å².